The minimum absolute atomic E-state index is 0.111. The van der Waals surface area contributed by atoms with Gasteiger partial charge < -0.3 is 14.6 Å². The largest absolute Gasteiger partial charge is 0.474 e. The van der Waals surface area contributed by atoms with Crippen molar-refractivity contribution in [2.24, 2.45) is 0 Å². The molecule has 27 heavy (non-hydrogen) atoms. The van der Waals surface area contributed by atoms with Crippen LogP contribution in [0.1, 0.15) is 36.2 Å². The highest BCUT2D eigenvalue weighted by atomic mass is 16.5. The van der Waals surface area contributed by atoms with Crippen molar-refractivity contribution in [3.05, 3.63) is 60.7 Å². The number of rotatable bonds is 5. The van der Waals surface area contributed by atoms with Crippen LogP contribution < -0.4 is 10.1 Å². The zero-order valence-electron chi connectivity index (χ0n) is 14.7. The normalized spacial score (nSPS) is 19.4. The third-order valence-electron chi connectivity index (χ3n) is 4.62. The summed E-state index contributed by atoms with van der Waals surface area (Å²) >= 11 is 0. The molecule has 138 valence electrons. The summed E-state index contributed by atoms with van der Waals surface area (Å²) < 4.78 is 11.2. The quantitative estimate of drug-likeness (QED) is 0.747. The number of carbonyl (C=O) groups is 1. The van der Waals surface area contributed by atoms with Crippen LogP contribution in [0.15, 0.2) is 59.5 Å². The van der Waals surface area contributed by atoms with Gasteiger partial charge in [-0.05, 0) is 43.9 Å². The zero-order chi connectivity index (χ0) is 18.5. The molecule has 0 spiro atoms. The maximum Gasteiger partial charge on any atom is 0.273 e. The van der Waals surface area contributed by atoms with Crippen LogP contribution in [0, 0.1) is 0 Å². The lowest BCUT2D eigenvalue weighted by molar-refractivity contribution is 0.0881. The lowest BCUT2D eigenvalue weighted by atomic mass is 9.93. The fourth-order valence-corrected chi connectivity index (χ4v) is 3.20. The molecule has 1 fully saturated rings. The Labute approximate surface area is 156 Å². The first-order valence-electron chi connectivity index (χ1n) is 9.03. The van der Waals surface area contributed by atoms with E-state index in [-0.39, 0.29) is 23.7 Å². The van der Waals surface area contributed by atoms with Gasteiger partial charge in [-0.3, -0.25) is 9.78 Å². The minimum atomic E-state index is -0.219. The van der Waals surface area contributed by atoms with Crippen LogP contribution in [0.3, 0.4) is 0 Å². The first-order chi connectivity index (χ1) is 13.3. The van der Waals surface area contributed by atoms with Crippen molar-refractivity contribution in [1.82, 2.24) is 20.4 Å². The van der Waals surface area contributed by atoms with Gasteiger partial charge in [-0.25, -0.2) is 4.98 Å². The van der Waals surface area contributed by atoms with Crippen LogP contribution >= 0.6 is 0 Å². The maximum absolute atomic E-state index is 12.4. The third kappa shape index (κ3) is 4.31. The molecular weight excluding hydrogens is 344 g/mol. The molecule has 3 heterocycles. The van der Waals surface area contributed by atoms with Crippen molar-refractivity contribution in [2.75, 3.05) is 0 Å². The monoisotopic (exact) mass is 364 g/mol. The second-order valence-electron chi connectivity index (χ2n) is 6.55. The molecule has 7 nitrogen and oxygen atoms in total. The number of carbonyl (C=O) groups excluding carboxylic acids is 1. The second-order valence-corrected chi connectivity index (χ2v) is 6.55. The van der Waals surface area contributed by atoms with E-state index < -0.39 is 0 Å². The molecule has 0 bridgehead atoms. The topological polar surface area (TPSA) is 90.1 Å². The third-order valence-corrected chi connectivity index (χ3v) is 4.62. The van der Waals surface area contributed by atoms with Gasteiger partial charge in [0.05, 0.1) is 0 Å². The number of hydrogen-bond acceptors (Lipinski definition) is 6. The summed E-state index contributed by atoms with van der Waals surface area (Å²) in [5, 5.41) is 6.92. The Morgan fingerprint density at radius 1 is 1.11 bits per heavy atom. The fourth-order valence-electron chi connectivity index (χ4n) is 3.20. The van der Waals surface area contributed by atoms with Crippen LogP contribution in [0.2, 0.25) is 0 Å². The standard InChI is InChI=1S/C20H20N4O3/c25-20(17-12-18(27-24-17)14-4-3-10-21-13-14)23-15-6-8-16(9-7-15)26-19-5-1-2-11-22-19/h1-5,10-13,15-16H,6-9H2,(H,23,25). The number of aromatic nitrogens is 3. The van der Waals surface area contributed by atoms with Crippen molar-refractivity contribution >= 4 is 5.91 Å². The molecule has 1 N–H and O–H groups in total. The van der Waals surface area contributed by atoms with Crippen LogP contribution in [0.5, 0.6) is 5.88 Å². The van der Waals surface area contributed by atoms with E-state index in [1.807, 2.05) is 30.3 Å². The van der Waals surface area contributed by atoms with Crippen molar-refractivity contribution < 1.29 is 14.1 Å². The summed E-state index contributed by atoms with van der Waals surface area (Å²) in [5.41, 5.74) is 1.07. The maximum atomic E-state index is 12.4. The number of ether oxygens (including phenoxy) is 1. The van der Waals surface area contributed by atoms with Gasteiger partial charge in [0.2, 0.25) is 5.88 Å². The molecule has 0 saturated heterocycles. The number of pyridine rings is 2. The van der Waals surface area contributed by atoms with Gasteiger partial charge in [-0.1, -0.05) is 11.2 Å². The molecular formula is C20H20N4O3. The molecule has 1 aliphatic rings. The Morgan fingerprint density at radius 3 is 2.74 bits per heavy atom. The van der Waals surface area contributed by atoms with Crippen LogP contribution in [0.4, 0.5) is 0 Å². The Balaban J connectivity index is 1.29. The molecule has 1 amide bonds. The van der Waals surface area contributed by atoms with Crippen molar-refractivity contribution in [1.29, 1.82) is 0 Å². The highest BCUT2D eigenvalue weighted by Gasteiger charge is 2.25. The van der Waals surface area contributed by atoms with E-state index in [0.29, 0.717) is 11.6 Å². The van der Waals surface area contributed by atoms with Crippen LogP contribution in [-0.2, 0) is 0 Å². The number of nitrogens with zero attached hydrogens (tertiary/aromatic N) is 3. The minimum Gasteiger partial charge on any atom is -0.474 e. The highest BCUT2D eigenvalue weighted by Crippen LogP contribution is 2.23. The number of hydrogen-bond donors (Lipinski definition) is 1. The number of nitrogens with one attached hydrogen (secondary N) is 1. The lowest BCUT2D eigenvalue weighted by Gasteiger charge is -2.28. The smallest absolute Gasteiger partial charge is 0.273 e. The van der Waals surface area contributed by atoms with E-state index in [1.165, 1.54) is 0 Å². The summed E-state index contributed by atoms with van der Waals surface area (Å²) in [6, 6.07) is 11.1. The summed E-state index contributed by atoms with van der Waals surface area (Å²) in [5.74, 6) is 0.958. The Bertz CT molecular complexity index is 875. The number of amides is 1. The predicted molar refractivity (Wildman–Crippen MR) is 98.1 cm³/mol. The molecule has 0 atom stereocenters. The van der Waals surface area contributed by atoms with Gasteiger partial charge in [0.1, 0.15) is 6.10 Å². The Kier molecular flexibility index (Phi) is 5.09. The first kappa shape index (κ1) is 17.2. The summed E-state index contributed by atoms with van der Waals surface area (Å²) in [6.07, 6.45) is 8.68. The summed E-state index contributed by atoms with van der Waals surface area (Å²) in [4.78, 5) is 20.7. The van der Waals surface area contributed by atoms with Gasteiger partial charge in [0.15, 0.2) is 11.5 Å². The molecule has 0 aromatic carbocycles. The molecule has 7 heteroatoms. The van der Waals surface area contributed by atoms with Crippen molar-refractivity contribution in [3.63, 3.8) is 0 Å². The molecule has 1 aliphatic carbocycles. The van der Waals surface area contributed by atoms with Crippen molar-refractivity contribution in [3.8, 4) is 17.2 Å². The average molecular weight is 364 g/mol. The van der Waals surface area contributed by atoms with Crippen molar-refractivity contribution in [2.45, 2.75) is 37.8 Å². The van der Waals surface area contributed by atoms with E-state index in [1.54, 1.807) is 24.7 Å². The summed E-state index contributed by atoms with van der Waals surface area (Å²) in [7, 11) is 0. The summed E-state index contributed by atoms with van der Waals surface area (Å²) in [6.45, 7) is 0. The second kappa shape index (κ2) is 7.99. The molecule has 0 aliphatic heterocycles. The van der Waals surface area contributed by atoms with Gasteiger partial charge in [0, 0.05) is 42.3 Å². The molecule has 4 rings (SSSR count). The Hall–Kier alpha value is -3.22. The fraction of sp³-hybridized carbons (Fsp3) is 0.300. The molecule has 1 saturated carbocycles. The average Bonchev–Trinajstić information content (AvgIpc) is 3.21. The van der Waals surface area contributed by atoms with Gasteiger partial charge in [0.25, 0.3) is 5.91 Å². The van der Waals surface area contributed by atoms with E-state index >= 15 is 0 Å². The van der Waals surface area contributed by atoms with Crippen LogP contribution in [-0.4, -0.2) is 33.2 Å². The molecule has 3 aromatic rings. The van der Waals surface area contributed by atoms with Gasteiger partial charge in [-0.15, -0.1) is 0 Å². The van der Waals surface area contributed by atoms with Crippen LogP contribution in [0.25, 0.3) is 11.3 Å². The zero-order valence-corrected chi connectivity index (χ0v) is 14.7. The molecule has 0 unspecified atom stereocenters. The Morgan fingerprint density at radius 2 is 2.00 bits per heavy atom. The van der Waals surface area contributed by atoms with Gasteiger partial charge in [-0.2, -0.15) is 0 Å². The highest BCUT2D eigenvalue weighted by molar-refractivity contribution is 5.93. The predicted octanol–water partition coefficient (Wildman–Crippen LogP) is 3.25. The van der Waals surface area contributed by atoms with Gasteiger partial charge >= 0.3 is 0 Å². The van der Waals surface area contributed by atoms with E-state index in [4.69, 9.17) is 9.26 Å². The molecule has 3 aromatic heterocycles. The lowest BCUT2D eigenvalue weighted by Crippen LogP contribution is -2.39. The van der Waals surface area contributed by atoms with E-state index in [2.05, 4.69) is 20.4 Å². The van der Waals surface area contributed by atoms with E-state index in [9.17, 15) is 4.79 Å². The first-order valence-corrected chi connectivity index (χ1v) is 9.03. The van der Waals surface area contributed by atoms with E-state index in [0.717, 1.165) is 31.2 Å². The molecule has 0 radical (unpaired) electrons. The SMILES string of the molecule is O=C(NC1CCC(Oc2ccccn2)CC1)c1cc(-c2cccnc2)on1.